The van der Waals surface area contributed by atoms with E-state index in [9.17, 15) is 19.2 Å². The van der Waals surface area contributed by atoms with Gasteiger partial charge in [-0.3, -0.25) is 14.2 Å². The molecule has 4 aromatic rings. The Balaban J connectivity index is 1.86. The number of nitrogens with one attached hydrogen (secondary N) is 1. The van der Waals surface area contributed by atoms with Gasteiger partial charge in [0.1, 0.15) is 16.5 Å². The molecule has 0 fully saturated rings. The monoisotopic (exact) mass is 467 g/mol. The maximum Gasteiger partial charge on any atom is 0.273 e. The molecule has 1 N–H and O–H groups in total. The van der Waals surface area contributed by atoms with Crippen LogP contribution in [0.1, 0.15) is 5.56 Å². The summed E-state index contributed by atoms with van der Waals surface area (Å²) in [5, 5.41) is 12.4. The second-order valence-corrected chi connectivity index (χ2v) is 8.16. The van der Waals surface area contributed by atoms with E-state index < -0.39 is 11.7 Å². The predicted octanol–water partition coefficient (Wildman–Crippen LogP) is 3.84. The number of carbonyl (C=O) groups excluding carboxylic acids is 1. The minimum Gasteiger partial charge on any atom is -0.321 e. The third kappa shape index (κ3) is 5.09. The van der Waals surface area contributed by atoms with Crippen LogP contribution >= 0.6 is 11.3 Å². The first-order chi connectivity index (χ1) is 16.6. The van der Waals surface area contributed by atoms with Crippen molar-refractivity contribution < 1.29 is 9.18 Å². The topological polar surface area (TPSA) is 74.9 Å². The first-order valence-electron chi connectivity index (χ1n) is 10.3. The molecule has 0 saturated carbocycles. The molecule has 0 atom stereocenters. The van der Waals surface area contributed by atoms with Gasteiger partial charge >= 0.3 is 0 Å². The summed E-state index contributed by atoms with van der Waals surface area (Å²) in [5.41, 5.74) is 1.28. The van der Waals surface area contributed by atoms with Crippen LogP contribution in [0.25, 0.3) is 23.4 Å². The molecule has 0 saturated heterocycles. The molecule has 34 heavy (non-hydrogen) atoms. The number of anilines is 1. The van der Waals surface area contributed by atoms with Crippen LogP contribution in [0.2, 0.25) is 0 Å². The molecule has 0 radical (unpaired) electrons. The number of halogens is 1. The smallest absolute Gasteiger partial charge is 0.273 e. The van der Waals surface area contributed by atoms with Gasteiger partial charge in [0.15, 0.2) is 5.57 Å². The number of amides is 1. The Bertz CT molecular complexity index is 1560. The predicted molar refractivity (Wildman–Crippen MR) is 133 cm³/mol. The number of rotatable bonds is 5. The minimum absolute atomic E-state index is 0.206. The zero-order chi connectivity index (χ0) is 23.9. The second kappa shape index (κ2) is 10.4. The van der Waals surface area contributed by atoms with Crippen molar-refractivity contribution in [3.8, 4) is 11.8 Å². The number of nitrogens with zero attached hydrogens (tertiary/aromatic N) is 2. The Morgan fingerprint density at radius 2 is 1.62 bits per heavy atom. The minimum atomic E-state index is -0.689. The quantitative estimate of drug-likeness (QED) is 0.485. The van der Waals surface area contributed by atoms with Crippen molar-refractivity contribution in [2.75, 3.05) is 5.32 Å². The van der Waals surface area contributed by atoms with Gasteiger partial charge in [-0.1, -0.05) is 60.7 Å². The molecule has 0 spiro atoms. The number of thiazole rings is 1. The number of hydrogen-bond acceptors (Lipinski definition) is 4. The van der Waals surface area contributed by atoms with Crippen LogP contribution < -0.4 is 20.1 Å². The van der Waals surface area contributed by atoms with Crippen LogP contribution in [-0.4, -0.2) is 10.5 Å². The molecule has 0 bridgehead atoms. The molecule has 1 amide bonds. The Hall–Kier alpha value is -4.54. The van der Waals surface area contributed by atoms with Crippen molar-refractivity contribution in [2.45, 2.75) is 0 Å². The van der Waals surface area contributed by atoms with Crippen LogP contribution in [0.4, 0.5) is 10.1 Å². The van der Waals surface area contributed by atoms with Crippen molar-refractivity contribution in [2.24, 2.45) is 0 Å². The van der Waals surface area contributed by atoms with Crippen LogP contribution in [0.5, 0.6) is 0 Å². The van der Waals surface area contributed by atoms with E-state index in [2.05, 4.69) is 5.32 Å². The summed E-state index contributed by atoms with van der Waals surface area (Å²) in [6.07, 6.45) is 5.28. The van der Waals surface area contributed by atoms with Gasteiger partial charge in [0.2, 0.25) is 0 Å². The van der Waals surface area contributed by atoms with Gasteiger partial charge in [-0.05, 0) is 48.0 Å². The molecule has 7 heteroatoms. The van der Waals surface area contributed by atoms with Crippen molar-refractivity contribution in [3.05, 3.63) is 122 Å². The number of hydrogen-bond donors (Lipinski definition) is 1. The van der Waals surface area contributed by atoms with E-state index in [0.29, 0.717) is 15.9 Å². The normalized spacial score (nSPS) is 12.4. The van der Waals surface area contributed by atoms with E-state index in [1.165, 1.54) is 28.8 Å². The highest BCUT2D eigenvalue weighted by Crippen LogP contribution is 2.10. The van der Waals surface area contributed by atoms with Crippen molar-refractivity contribution in [1.82, 2.24) is 4.57 Å². The fourth-order valence-corrected chi connectivity index (χ4v) is 4.26. The van der Waals surface area contributed by atoms with Gasteiger partial charge in [0.05, 0.1) is 10.2 Å². The highest BCUT2D eigenvalue weighted by molar-refractivity contribution is 7.07. The molecule has 1 aromatic heterocycles. The second-order valence-electron chi connectivity index (χ2n) is 7.13. The van der Waals surface area contributed by atoms with Gasteiger partial charge < -0.3 is 5.32 Å². The molecular formula is C27H18FN3O2S. The molecule has 4 rings (SSSR count). The summed E-state index contributed by atoms with van der Waals surface area (Å²) in [6, 6.07) is 25.6. The molecule has 0 aliphatic rings. The SMILES string of the molecule is N#CC(C(=O)Nc1ccc(F)cc1)=c1sc(=CC=Cc2ccccc2)c(=O)n1-c1ccccc1. The number of para-hydroxylation sites is 1. The first kappa shape index (κ1) is 22.6. The van der Waals surface area contributed by atoms with Gasteiger partial charge in [0, 0.05) is 5.69 Å². The molecule has 5 nitrogen and oxygen atoms in total. The third-order valence-electron chi connectivity index (χ3n) is 4.83. The number of nitriles is 1. The van der Waals surface area contributed by atoms with Crippen molar-refractivity contribution >= 4 is 40.7 Å². The third-order valence-corrected chi connectivity index (χ3v) is 5.94. The Labute approximate surface area is 198 Å². The van der Waals surface area contributed by atoms with E-state index >= 15 is 0 Å². The van der Waals surface area contributed by atoms with Crippen LogP contribution in [0.3, 0.4) is 0 Å². The number of benzene rings is 3. The zero-order valence-electron chi connectivity index (χ0n) is 17.8. The fourth-order valence-electron chi connectivity index (χ4n) is 3.21. The van der Waals surface area contributed by atoms with E-state index in [1.807, 2.05) is 48.5 Å². The zero-order valence-corrected chi connectivity index (χ0v) is 18.6. The largest absolute Gasteiger partial charge is 0.321 e. The Kier molecular flexibility index (Phi) is 6.92. The lowest BCUT2D eigenvalue weighted by Gasteiger charge is -2.05. The van der Waals surface area contributed by atoms with E-state index in [0.717, 1.165) is 16.9 Å². The Morgan fingerprint density at radius 1 is 0.971 bits per heavy atom. The molecule has 0 unspecified atom stereocenters. The maximum atomic E-state index is 13.3. The van der Waals surface area contributed by atoms with Gasteiger partial charge in [-0.2, -0.15) is 5.26 Å². The standard InChI is InChI=1S/C27H18FN3O2S/c28-20-14-16-21(17-15-20)30-25(32)23(18-29)27-31(22-11-5-2-6-12-22)26(33)24(34-27)13-7-10-19-8-3-1-4-9-19/h1-17H,(H,30,32). The first-order valence-corrected chi connectivity index (χ1v) is 11.1. The van der Waals surface area contributed by atoms with Crippen molar-refractivity contribution in [1.29, 1.82) is 5.26 Å². The van der Waals surface area contributed by atoms with E-state index in [4.69, 9.17) is 0 Å². The van der Waals surface area contributed by atoms with Gasteiger partial charge in [-0.25, -0.2) is 4.39 Å². The highest BCUT2D eigenvalue weighted by Gasteiger charge is 2.17. The van der Waals surface area contributed by atoms with E-state index in [-0.39, 0.29) is 15.8 Å². The lowest BCUT2D eigenvalue weighted by molar-refractivity contribution is -0.111. The summed E-state index contributed by atoms with van der Waals surface area (Å²) in [7, 11) is 0. The number of aromatic nitrogens is 1. The molecule has 0 aliphatic carbocycles. The maximum absolute atomic E-state index is 13.3. The summed E-state index contributed by atoms with van der Waals surface area (Å²) >= 11 is 1.05. The summed E-state index contributed by atoms with van der Waals surface area (Å²) in [5.74, 6) is -1.13. The number of carbonyl (C=O) groups is 1. The summed E-state index contributed by atoms with van der Waals surface area (Å²) < 4.78 is 15.1. The molecule has 1 heterocycles. The van der Waals surface area contributed by atoms with Gasteiger partial charge in [0.25, 0.3) is 11.5 Å². The highest BCUT2D eigenvalue weighted by atomic mass is 32.1. The summed E-state index contributed by atoms with van der Waals surface area (Å²) in [6.45, 7) is 0. The molecule has 3 aromatic carbocycles. The van der Waals surface area contributed by atoms with Crippen LogP contribution in [-0.2, 0) is 4.79 Å². The average molecular weight is 468 g/mol. The number of allylic oxidation sites excluding steroid dienone is 1. The van der Waals surface area contributed by atoms with Gasteiger partial charge in [-0.15, -0.1) is 11.3 Å². The molecule has 166 valence electrons. The summed E-state index contributed by atoms with van der Waals surface area (Å²) in [4.78, 5) is 26.2. The lowest BCUT2D eigenvalue weighted by atomic mass is 10.2. The Morgan fingerprint density at radius 3 is 2.26 bits per heavy atom. The lowest BCUT2D eigenvalue weighted by Crippen LogP contribution is -2.32. The van der Waals surface area contributed by atoms with Crippen molar-refractivity contribution in [3.63, 3.8) is 0 Å². The van der Waals surface area contributed by atoms with Crippen LogP contribution in [0, 0.1) is 17.1 Å². The van der Waals surface area contributed by atoms with Crippen LogP contribution in [0.15, 0.2) is 95.8 Å². The fraction of sp³-hybridized carbons (Fsp3) is 0. The molecular weight excluding hydrogens is 449 g/mol. The molecule has 0 aliphatic heterocycles. The van der Waals surface area contributed by atoms with E-state index in [1.54, 1.807) is 36.4 Å². The average Bonchev–Trinajstić information content (AvgIpc) is 3.18.